The lowest BCUT2D eigenvalue weighted by Gasteiger charge is -2.17. The molecule has 1 fully saturated rings. The van der Waals surface area contributed by atoms with Crippen LogP contribution in [0.5, 0.6) is 0 Å². The highest BCUT2D eigenvalue weighted by Crippen LogP contribution is 2.28. The molecule has 1 aliphatic heterocycles. The molecule has 1 saturated heterocycles. The Morgan fingerprint density at radius 3 is 2.67 bits per heavy atom. The molecule has 0 aliphatic carbocycles. The zero-order valence-electron chi connectivity index (χ0n) is 8.45. The largest absolute Gasteiger partial charge is 0.316 e. The molecule has 3 heteroatoms. The van der Waals surface area contributed by atoms with E-state index in [2.05, 4.69) is 21.2 Å². The van der Waals surface area contributed by atoms with Crippen molar-refractivity contribution in [3.8, 4) is 0 Å². The predicted octanol–water partition coefficient (Wildman–Crippen LogP) is 2.34. The van der Waals surface area contributed by atoms with E-state index in [1.807, 2.05) is 24.3 Å². The van der Waals surface area contributed by atoms with Gasteiger partial charge >= 0.3 is 0 Å². The maximum Gasteiger partial charge on any atom is 0.127 e. The van der Waals surface area contributed by atoms with Gasteiger partial charge in [0.25, 0.3) is 0 Å². The molecule has 15 heavy (non-hydrogen) atoms. The summed E-state index contributed by atoms with van der Waals surface area (Å²) in [7, 11) is 0. The minimum Gasteiger partial charge on any atom is -0.316 e. The van der Waals surface area contributed by atoms with Crippen LogP contribution in [0.2, 0.25) is 0 Å². The standard InChI is InChI=1S/C12H14BrNO/c13-11-3-1-9(2-4-11)12(8-15)10-5-6-14-7-10/h1-4,8,10,12,14H,5-7H2. The Hall–Kier alpha value is -0.670. The summed E-state index contributed by atoms with van der Waals surface area (Å²) in [4.78, 5) is 11.1. The average molecular weight is 268 g/mol. The second-order valence-electron chi connectivity index (χ2n) is 3.97. The number of nitrogens with one attached hydrogen (secondary N) is 1. The van der Waals surface area contributed by atoms with Crippen LogP contribution in [-0.2, 0) is 4.79 Å². The van der Waals surface area contributed by atoms with Crippen LogP contribution in [0.3, 0.4) is 0 Å². The summed E-state index contributed by atoms with van der Waals surface area (Å²) in [5.74, 6) is 0.511. The molecule has 1 heterocycles. The second-order valence-corrected chi connectivity index (χ2v) is 4.88. The summed E-state index contributed by atoms with van der Waals surface area (Å²) < 4.78 is 1.06. The van der Waals surface area contributed by atoms with Crippen LogP contribution in [0.15, 0.2) is 28.7 Å². The van der Waals surface area contributed by atoms with E-state index in [0.29, 0.717) is 5.92 Å². The minimum atomic E-state index is 0.0492. The maximum atomic E-state index is 11.1. The number of hydrogen-bond acceptors (Lipinski definition) is 2. The van der Waals surface area contributed by atoms with Crippen molar-refractivity contribution in [2.24, 2.45) is 5.92 Å². The van der Waals surface area contributed by atoms with Crippen molar-refractivity contribution in [1.29, 1.82) is 0 Å². The summed E-state index contributed by atoms with van der Waals surface area (Å²) in [5.41, 5.74) is 1.13. The molecular weight excluding hydrogens is 254 g/mol. The summed E-state index contributed by atoms with van der Waals surface area (Å²) in [6.07, 6.45) is 2.18. The van der Waals surface area contributed by atoms with Crippen LogP contribution in [0.25, 0.3) is 0 Å². The van der Waals surface area contributed by atoms with Crippen LogP contribution in [-0.4, -0.2) is 19.4 Å². The Morgan fingerprint density at radius 2 is 2.13 bits per heavy atom. The molecule has 2 rings (SSSR count). The Morgan fingerprint density at radius 1 is 1.40 bits per heavy atom. The molecule has 80 valence electrons. The van der Waals surface area contributed by atoms with Gasteiger partial charge in [0.2, 0.25) is 0 Å². The van der Waals surface area contributed by atoms with E-state index in [1.54, 1.807) is 0 Å². The first-order valence-corrected chi connectivity index (χ1v) is 6.02. The highest BCUT2D eigenvalue weighted by Gasteiger charge is 2.25. The van der Waals surface area contributed by atoms with E-state index in [4.69, 9.17) is 0 Å². The molecule has 2 nitrogen and oxygen atoms in total. The third-order valence-corrected chi connectivity index (χ3v) is 3.54. The van der Waals surface area contributed by atoms with Crippen LogP contribution >= 0.6 is 15.9 Å². The molecule has 0 saturated carbocycles. The third kappa shape index (κ3) is 2.47. The van der Waals surface area contributed by atoms with Gasteiger partial charge in [0.15, 0.2) is 0 Å². The first-order chi connectivity index (χ1) is 7.31. The van der Waals surface area contributed by atoms with Gasteiger partial charge in [0.05, 0.1) is 0 Å². The monoisotopic (exact) mass is 267 g/mol. The van der Waals surface area contributed by atoms with E-state index in [9.17, 15) is 4.79 Å². The van der Waals surface area contributed by atoms with Crippen molar-refractivity contribution in [3.05, 3.63) is 34.3 Å². The Labute approximate surface area is 98.2 Å². The van der Waals surface area contributed by atoms with E-state index < -0.39 is 0 Å². The van der Waals surface area contributed by atoms with Gasteiger partial charge in [0.1, 0.15) is 6.29 Å². The zero-order valence-corrected chi connectivity index (χ0v) is 10.0. The van der Waals surface area contributed by atoms with Crippen LogP contribution in [0.4, 0.5) is 0 Å². The second kappa shape index (κ2) is 4.90. The summed E-state index contributed by atoms with van der Waals surface area (Å²) in [5, 5.41) is 3.30. The van der Waals surface area contributed by atoms with Gasteiger partial charge < -0.3 is 10.1 Å². The number of rotatable bonds is 3. The third-order valence-electron chi connectivity index (χ3n) is 3.01. The lowest BCUT2D eigenvalue weighted by molar-refractivity contribution is -0.110. The van der Waals surface area contributed by atoms with E-state index in [0.717, 1.165) is 35.8 Å². The van der Waals surface area contributed by atoms with Crippen molar-refractivity contribution in [2.45, 2.75) is 12.3 Å². The normalized spacial score (nSPS) is 22.6. The number of hydrogen-bond donors (Lipinski definition) is 1. The van der Waals surface area contributed by atoms with Crippen LogP contribution in [0.1, 0.15) is 17.9 Å². The molecular formula is C12H14BrNO. The van der Waals surface area contributed by atoms with E-state index in [1.165, 1.54) is 0 Å². The molecule has 2 unspecified atom stereocenters. The average Bonchev–Trinajstić information content (AvgIpc) is 2.75. The summed E-state index contributed by atoms with van der Waals surface area (Å²) >= 11 is 3.40. The van der Waals surface area contributed by atoms with Gasteiger partial charge in [-0.3, -0.25) is 0 Å². The van der Waals surface area contributed by atoms with Crippen molar-refractivity contribution in [3.63, 3.8) is 0 Å². The molecule has 1 aromatic rings. The van der Waals surface area contributed by atoms with Gasteiger partial charge in [-0.1, -0.05) is 28.1 Å². The molecule has 0 spiro atoms. The van der Waals surface area contributed by atoms with E-state index in [-0.39, 0.29) is 5.92 Å². The lowest BCUT2D eigenvalue weighted by Crippen LogP contribution is -2.17. The zero-order chi connectivity index (χ0) is 10.7. The first kappa shape index (κ1) is 10.8. The van der Waals surface area contributed by atoms with Gasteiger partial charge in [-0.15, -0.1) is 0 Å². The highest BCUT2D eigenvalue weighted by molar-refractivity contribution is 9.10. The van der Waals surface area contributed by atoms with Gasteiger partial charge in [0, 0.05) is 10.4 Å². The molecule has 0 radical (unpaired) electrons. The minimum absolute atomic E-state index is 0.0492. The maximum absolute atomic E-state index is 11.1. The van der Waals surface area contributed by atoms with Gasteiger partial charge in [-0.25, -0.2) is 0 Å². The molecule has 0 bridgehead atoms. The quantitative estimate of drug-likeness (QED) is 0.852. The molecule has 1 aromatic carbocycles. The molecule has 0 aromatic heterocycles. The number of benzene rings is 1. The fourth-order valence-corrected chi connectivity index (χ4v) is 2.39. The number of carbonyl (C=O) groups excluding carboxylic acids is 1. The Kier molecular flexibility index (Phi) is 3.54. The SMILES string of the molecule is O=CC(c1ccc(Br)cc1)C1CCNC1. The molecule has 0 amide bonds. The van der Waals surface area contributed by atoms with Crippen LogP contribution < -0.4 is 5.32 Å². The molecule has 1 aliphatic rings. The Bertz CT molecular complexity index is 330. The Balaban J connectivity index is 2.18. The fourth-order valence-electron chi connectivity index (χ4n) is 2.13. The predicted molar refractivity (Wildman–Crippen MR) is 63.9 cm³/mol. The molecule has 2 atom stereocenters. The van der Waals surface area contributed by atoms with Crippen molar-refractivity contribution in [1.82, 2.24) is 5.32 Å². The van der Waals surface area contributed by atoms with Gasteiger partial charge in [-0.2, -0.15) is 0 Å². The van der Waals surface area contributed by atoms with Gasteiger partial charge in [-0.05, 0) is 43.1 Å². The fraction of sp³-hybridized carbons (Fsp3) is 0.417. The highest BCUT2D eigenvalue weighted by atomic mass is 79.9. The summed E-state index contributed by atoms with van der Waals surface area (Å²) in [6.45, 7) is 1.99. The van der Waals surface area contributed by atoms with E-state index >= 15 is 0 Å². The van der Waals surface area contributed by atoms with Crippen LogP contribution in [0, 0.1) is 5.92 Å². The number of halogens is 1. The van der Waals surface area contributed by atoms with Crippen molar-refractivity contribution >= 4 is 22.2 Å². The topological polar surface area (TPSA) is 29.1 Å². The van der Waals surface area contributed by atoms with Crippen molar-refractivity contribution < 1.29 is 4.79 Å². The van der Waals surface area contributed by atoms with Crippen molar-refractivity contribution in [2.75, 3.05) is 13.1 Å². The lowest BCUT2D eigenvalue weighted by atomic mass is 9.87. The number of carbonyl (C=O) groups is 1. The smallest absolute Gasteiger partial charge is 0.127 e. The molecule has 1 N–H and O–H groups in total. The first-order valence-electron chi connectivity index (χ1n) is 5.22. The number of aldehydes is 1. The summed E-state index contributed by atoms with van der Waals surface area (Å²) in [6, 6.07) is 8.05.